The highest BCUT2D eigenvalue weighted by Gasteiger charge is 2.65. The SMILES string of the molecule is CO/N=C(\CO[Si](C)(C)C)C1CCC2C3CCC4=C/C(=N/OC)CCC4(C)C3C(O[Si](C)(C)C)CC12CO[Si](C)(C)C. The summed E-state index contributed by atoms with van der Waals surface area (Å²) in [4.78, 5) is 10.7. The Morgan fingerprint density at radius 2 is 1.57 bits per heavy atom. The van der Waals surface area contributed by atoms with Crippen molar-refractivity contribution in [1.29, 1.82) is 0 Å². The second-order valence-electron chi connectivity index (χ2n) is 16.6. The van der Waals surface area contributed by atoms with E-state index < -0.39 is 25.0 Å². The Kier molecular flexibility index (Phi) is 10.2. The molecular weight excluding hydrogens is 577 g/mol. The van der Waals surface area contributed by atoms with Crippen LogP contribution in [-0.2, 0) is 23.0 Å². The number of nitrogens with zero attached hydrogens (tertiary/aromatic N) is 2. The van der Waals surface area contributed by atoms with Gasteiger partial charge < -0.3 is 23.0 Å². The summed E-state index contributed by atoms with van der Waals surface area (Å²) in [5, 5.41) is 9.05. The van der Waals surface area contributed by atoms with Crippen molar-refractivity contribution in [3.05, 3.63) is 11.6 Å². The van der Waals surface area contributed by atoms with Crippen LogP contribution in [0, 0.1) is 34.5 Å². The van der Waals surface area contributed by atoms with E-state index in [1.807, 2.05) is 0 Å². The summed E-state index contributed by atoms with van der Waals surface area (Å²) in [5.41, 5.74) is 3.81. The van der Waals surface area contributed by atoms with Crippen LogP contribution in [0.3, 0.4) is 0 Å². The predicted octanol–water partition coefficient (Wildman–Crippen LogP) is 8.08. The van der Waals surface area contributed by atoms with Gasteiger partial charge in [-0.15, -0.1) is 0 Å². The summed E-state index contributed by atoms with van der Waals surface area (Å²) in [6, 6.07) is 0. The molecule has 3 fully saturated rings. The molecule has 0 saturated heterocycles. The Morgan fingerprint density at radius 1 is 0.881 bits per heavy atom. The highest BCUT2D eigenvalue weighted by molar-refractivity contribution is 6.70. The van der Waals surface area contributed by atoms with E-state index in [0.29, 0.717) is 24.4 Å². The van der Waals surface area contributed by atoms with E-state index in [1.165, 1.54) is 12.8 Å². The van der Waals surface area contributed by atoms with Crippen LogP contribution in [0.25, 0.3) is 0 Å². The van der Waals surface area contributed by atoms with E-state index in [1.54, 1.807) is 19.8 Å². The Hall–Kier alpha value is -0.789. The molecule has 0 bridgehead atoms. The standard InChI is InChI=1S/C32H60N2O5Si3/c1-31-18-17-24(33-35-2)19-23(31)13-14-25-26-15-16-27(28(34-36-3)21-37-40(4,5)6)32(26,22-38-41(7,8)9)20-29(30(25)31)39-42(10,11)12/h19,25-27,29-30H,13-18,20-22H2,1-12H3/b33-24+,34-28+. The van der Waals surface area contributed by atoms with E-state index in [0.717, 1.165) is 50.1 Å². The van der Waals surface area contributed by atoms with Crippen LogP contribution < -0.4 is 0 Å². The van der Waals surface area contributed by atoms with Gasteiger partial charge in [-0.2, -0.15) is 0 Å². The van der Waals surface area contributed by atoms with Gasteiger partial charge in [0.25, 0.3) is 0 Å². The maximum absolute atomic E-state index is 7.32. The molecule has 0 aromatic rings. The lowest BCUT2D eigenvalue weighted by Gasteiger charge is -2.62. The zero-order valence-corrected chi connectivity index (χ0v) is 31.8. The summed E-state index contributed by atoms with van der Waals surface area (Å²) in [7, 11) is -2.02. The minimum absolute atomic E-state index is 0.0269. The van der Waals surface area contributed by atoms with E-state index in [9.17, 15) is 0 Å². The molecule has 3 saturated carbocycles. The van der Waals surface area contributed by atoms with Crippen LogP contribution in [0.15, 0.2) is 22.0 Å². The van der Waals surface area contributed by atoms with Crippen LogP contribution in [0.2, 0.25) is 58.9 Å². The smallest absolute Gasteiger partial charge is 0.184 e. The fourth-order valence-electron chi connectivity index (χ4n) is 8.92. The minimum atomic E-state index is -1.85. The maximum Gasteiger partial charge on any atom is 0.184 e. The fourth-order valence-corrected chi connectivity index (χ4v) is 11.3. The largest absolute Gasteiger partial charge is 0.417 e. The number of allylic oxidation sites excluding steroid dienone is 2. The monoisotopic (exact) mass is 636 g/mol. The molecule has 4 rings (SSSR count). The molecule has 0 heterocycles. The summed E-state index contributed by atoms with van der Waals surface area (Å²) < 4.78 is 20.8. The van der Waals surface area contributed by atoms with Crippen molar-refractivity contribution in [2.75, 3.05) is 27.4 Å². The third kappa shape index (κ3) is 7.36. The zero-order valence-electron chi connectivity index (χ0n) is 28.8. The zero-order chi connectivity index (χ0) is 31.1. The molecule has 0 aliphatic heterocycles. The lowest BCUT2D eigenvalue weighted by Crippen LogP contribution is -2.61. The minimum Gasteiger partial charge on any atom is -0.417 e. The second kappa shape index (κ2) is 12.5. The average molecular weight is 637 g/mol. The van der Waals surface area contributed by atoms with Gasteiger partial charge in [0.15, 0.2) is 25.0 Å². The maximum atomic E-state index is 7.32. The predicted molar refractivity (Wildman–Crippen MR) is 181 cm³/mol. The third-order valence-corrected chi connectivity index (χ3v) is 13.4. The van der Waals surface area contributed by atoms with Crippen molar-refractivity contribution in [3.8, 4) is 0 Å². The molecule has 0 aromatic carbocycles. The highest BCUT2D eigenvalue weighted by Crippen LogP contribution is 2.67. The van der Waals surface area contributed by atoms with Crippen LogP contribution in [-0.4, -0.2) is 69.9 Å². The number of hydrogen-bond acceptors (Lipinski definition) is 7. The molecule has 4 aliphatic rings. The van der Waals surface area contributed by atoms with Gasteiger partial charge in [0.2, 0.25) is 0 Å². The lowest BCUT2D eigenvalue weighted by atomic mass is 9.45. The molecule has 42 heavy (non-hydrogen) atoms. The van der Waals surface area contributed by atoms with Crippen molar-refractivity contribution in [1.82, 2.24) is 0 Å². The molecule has 240 valence electrons. The Balaban J connectivity index is 1.81. The summed E-state index contributed by atoms with van der Waals surface area (Å²) in [6.07, 6.45) is 10.3. The number of hydrogen-bond donors (Lipinski definition) is 0. The van der Waals surface area contributed by atoms with Crippen molar-refractivity contribution in [2.24, 2.45) is 44.8 Å². The van der Waals surface area contributed by atoms with E-state index in [-0.39, 0.29) is 22.9 Å². The highest BCUT2D eigenvalue weighted by atomic mass is 28.4. The van der Waals surface area contributed by atoms with Crippen molar-refractivity contribution < 1.29 is 23.0 Å². The van der Waals surface area contributed by atoms with Gasteiger partial charge in [0.05, 0.1) is 18.0 Å². The molecule has 7 unspecified atom stereocenters. The fraction of sp³-hybridized carbons (Fsp3) is 0.875. The first kappa shape index (κ1) is 34.1. The molecule has 10 heteroatoms. The molecule has 0 N–H and O–H groups in total. The Bertz CT molecular complexity index is 1060. The Labute approximate surface area is 259 Å². The second-order valence-corrected chi connectivity index (χ2v) is 30.1. The third-order valence-electron chi connectivity index (χ3n) is 10.4. The van der Waals surface area contributed by atoms with Gasteiger partial charge in [-0.25, -0.2) is 0 Å². The van der Waals surface area contributed by atoms with Crippen molar-refractivity contribution in [2.45, 2.75) is 117 Å². The normalized spacial score (nSPS) is 36.7. The van der Waals surface area contributed by atoms with Crippen LogP contribution in [0.1, 0.15) is 51.9 Å². The van der Waals surface area contributed by atoms with Crippen LogP contribution in [0.4, 0.5) is 0 Å². The molecule has 0 radical (unpaired) electrons. The first-order valence-electron chi connectivity index (χ1n) is 16.3. The van der Waals surface area contributed by atoms with Gasteiger partial charge in [-0.05, 0) is 133 Å². The number of oxime groups is 2. The molecular formula is C32H60N2O5Si3. The number of fused-ring (bicyclic) bond motifs is 5. The first-order valence-corrected chi connectivity index (χ1v) is 26.5. The van der Waals surface area contributed by atoms with Crippen molar-refractivity contribution >= 4 is 36.4 Å². The van der Waals surface area contributed by atoms with E-state index in [4.69, 9.17) is 28.1 Å². The first-order chi connectivity index (χ1) is 19.4. The van der Waals surface area contributed by atoms with Gasteiger partial charge >= 0.3 is 0 Å². The molecule has 0 spiro atoms. The van der Waals surface area contributed by atoms with Gasteiger partial charge in [0, 0.05) is 24.0 Å². The summed E-state index contributed by atoms with van der Waals surface area (Å²) in [5.74, 6) is 1.95. The number of rotatable bonds is 11. The molecule has 7 nitrogen and oxygen atoms in total. The Morgan fingerprint density at radius 3 is 2.17 bits per heavy atom. The molecule has 7 atom stereocenters. The quantitative estimate of drug-likeness (QED) is 0.130. The average Bonchev–Trinajstić information content (AvgIpc) is 3.23. The molecule has 4 aliphatic carbocycles. The van der Waals surface area contributed by atoms with Crippen molar-refractivity contribution in [3.63, 3.8) is 0 Å². The van der Waals surface area contributed by atoms with Gasteiger partial charge in [-0.3, -0.25) is 0 Å². The summed E-state index contributed by atoms with van der Waals surface area (Å²) in [6.45, 7) is 24.7. The molecule has 0 aromatic heterocycles. The molecule has 0 amide bonds. The van der Waals surface area contributed by atoms with Crippen LogP contribution >= 0.6 is 0 Å². The van der Waals surface area contributed by atoms with Gasteiger partial charge in [0.1, 0.15) is 14.2 Å². The van der Waals surface area contributed by atoms with E-state index >= 15 is 0 Å². The topological polar surface area (TPSA) is 70.9 Å². The van der Waals surface area contributed by atoms with Crippen LogP contribution in [0.5, 0.6) is 0 Å². The summed E-state index contributed by atoms with van der Waals surface area (Å²) >= 11 is 0. The van der Waals surface area contributed by atoms with Gasteiger partial charge in [-0.1, -0.05) is 22.8 Å². The lowest BCUT2D eigenvalue weighted by molar-refractivity contribution is -0.132. The van der Waals surface area contributed by atoms with E-state index in [2.05, 4.69) is 77.1 Å².